The molecule has 0 saturated carbocycles. The van der Waals surface area contributed by atoms with Gasteiger partial charge in [0.1, 0.15) is 11.4 Å². The van der Waals surface area contributed by atoms with E-state index in [0.29, 0.717) is 5.75 Å². The Morgan fingerprint density at radius 1 is 1.40 bits per heavy atom. The van der Waals surface area contributed by atoms with Gasteiger partial charge in [0.05, 0.1) is 12.7 Å². The molecule has 2 rings (SSSR count). The van der Waals surface area contributed by atoms with E-state index in [9.17, 15) is 5.11 Å². The molecule has 5 heteroatoms. The van der Waals surface area contributed by atoms with Crippen molar-refractivity contribution in [2.45, 2.75) is 30.4 Å². The molecular formula is C10H14N2O2S. The number of rotatable bonds is 4. The summed E-state index contributed by atoms with van der Waals surface area (Å²) in [6.45, 7) is -0.194. The summed E-state index contributed by atoms with van der Waals surface area (Å²) >= 11 is 1.50. The molecule has 0 radical (unpaired) electrons. The molecule has 1 heterocycles. The van der Waals surface area contributed by atoms with E-state index in [1.54, 1.807) is 6.33 Å². The molecule has 0 saturated heterocycles. The van der Waals surface area contributed by atoms with E-state index >= 15 is 0 Å². The van der Waals surface area contributed by atoms with Crippen molar-refractivity contribution in [3.63, 3.8) is 0 Å². The average molecular weight is 226 g/mol. The molecule has 2 N–H and O–H groups in total. The Kier molecular flexibility index (Phi) is 3.56. The zero-order valence-electron chi connectivity index (χ0n) is 8.39. The van der Waals surface area contributed by atoms with Crippen LogP contribution in [0.25, 0.3) is 0 Å². The van der Waals surface area contributed by atoms with Crippen molar-refractivity contribution in [1.29, 1.82) is 0 Å². The van der Waals surface area contributed by atoms with Crippen LogP contribution >= 0.6 is 11.8 Å². The normalized spacial score (nSPS) is 16.4. The van der Waals surface area contributed by atoms with E-state index in [1.165, 1.54) is 17.3 Å². The van der Waals surface area contributed by atoms with Crippen LogP contribution in [-0.4, -0.2) is 38.6 Å². The molecule has 15 heavy (non-hydrogen) atoms. The topological polar surface area (TPSA) is 66.2 Å². The maximum atomic E-state index is 9.25. The smallest absolute Gasteiger partial charge is 0.116 e. The predicted molar refractivity (Wildman–Crippen MR) is 57.9 cm³/mol. The van der Waals surface area contributed by atoms with E-state index in [4.69, 9.17) is 5.11 Å². The first kappa shape index (κ1) is 10.9. The van der Waals surface area contributed by atoms with Gasteiger partial charge in [0.2, 0.25) is 0 Å². The summed E-state index contributed by atoms with van der Waals surface area (Å²) < 4.78 is 0. The molecule has 1 aromatic heterocycles. The van der Waals surface area contributed by atoms with Crippen molar-refractivity contribution in [3.05, 3.63) is 17.6 Å². The number of aromatic nitrogens is 2. The monoisotopic (exact) mass is 226 g/mol. The second-order valence-corrected chi connectivity index (χ2v) is 4.61. The van der Waals surface area contributed by atoms with E-state index in [2.05, 4.69) is 9.97 Å². The van der Waals surface area contributed by atoms with Crippen molar-refractivity contribution >= 4 is 11.8 Å². The molecule has 0 spiro atoms. The van der Waals surface area contributed by atoms with E-state index in [1.807, 2.05) is 0 Å². The van der Waals surface area contributed by atoms with Crippen LogP contribution < -0.4 is 0 Å². The van der Waals surface area contributed by atoms with Gasteiger partial charge in [-0.25, -0.2) is 9.97 Å². The first-order valence-electron chi connectivity index (χ1n) is 5.05. The number of fused-ring (bicyclic) bond motifs is 1. The number of aryl methyl sites for hydroxylation is 1. The molecule has 0 aliphatic heterocycles. The summed E-state index contributed by atoms with van der Waals surface area (Å²) in [7, 11) is 0. The SMILES string of the molecule is OCC(O)CSc1ncnc2c1CCC2. The molecule has 1 atom stereocenters. The Balaban J connectivity index is 2.06. The lowest BCUT2D eigenvalue weighted by Crippen LogP contribution is -2.15. The van der Waals surface area contributed by atoms with Crippen LogP contribution in [0.5, 0.6) is 0 Å². The van der Waals surface area contributed by atoms with E-state index in [0.717, 1.165) is 30.0 Å². The van der Waals surface area contributed by atoms with Crippen LogP contribution in [0.1, 0.15) is 17.7 Å². The zero-order valence-corrected chi connectivity index (χ0v) is 9.20. The lowest BCUT2D eigenvalue weighted by molar-refractivity contribution is 0.113. The highest BCUT2D eigenvalue weighted by Crippen LogP contribution is 2.28. The molecule has 1 aliphatic carbocycles. The molecule has 82 valence electrons. The summed E-state index contributed by atoms with van der Waals surface area (Å²) in [5.74, 6) is 0.486. The lowest BCUT2D eigenvalue weighted by Gasteiger charge is -2.08. The molecule has 1 aliphatic rings. The summed E-state index contributed by atoms with van der Waals surface area (Å²) in [6.07, 6.45) is 4.13. The fourth-order valence-electron chi connectivity index (χ4n) is 1.68. The standard InChI is InChI=1S/C10H14N2O2S/c13-4-7(14)5-15-10-8-2-1-3-9(8)11-6-12-10/h6-7,13-14H,1-5H2. The minimum absolute atomic E-state index is 0.194. The Morgan fingerprint density at radius 2 is 2.27 bits per heavy atom. The van der Waals surface area contributed by atoms with Crippen molar-refractivity contribution in [2.75, 3.05) is 12.4 Å². The Hall–Kier alpha value is -0.650. The minimum Gasteiger partial charge on any atom is -0.394 e. The van der Waals surface area contributed by atoms with Gasteiger partial charge in [0.25, 0.3) is 0 Å². The van der Waals surface area contributed by atoms with Crippen molar-refractivity contribution in [2.24, 2.45) is 0 Å². The minimum atomic E-state index is -0.665. The van der Waals surface area contributed by atoms with Gasteiger partial charge in [0.15, 0.2) is 0 Å². The third-order valence-electron chi connectivity index (χ3n) is 2.46. The van der Waals surface area contributed by atoms with Crippen LogP contribution in [0.4, 0.5) is 0 Å². The molecule has 0 amide bonds. The first-order valence-corrected chi connectivity index (χ1v) is 6.04. The van der Waals surface area contributed by atoms with E-state index in [-0.39, 0.29) is 6.61 Å². The highest BCUT2D eigenvalue weighted by molar-refractivity contribution is 7.99. The molecule has 4 nitrogen and oxygen atoms in total. The highest BCUT2D eigenvalue weighted by atomic mass is 32.2. The third kappa shape index (κ3) is 2.48. The van der Waals surface area contributed by atoms with Gasteiger partial charge in [-0.05, 0) is 19.3 Å². The maximum absolute atomic E-state index is 9.25. The molecule has 0 aromatic carbocycles. The van der Waals surface area contributed by atoms with Gasteiger partial charge in [-0.15, -0.1) is 11.8 Å². The van der Waals surface area contributed by atoms with Crippen molar-refractivity contribution in [3.8, 4) is 0 Å². The Labute approximate surface area is 92.8 Å². The van der Waals surface area contributed by atoms with Gasteiger partial charge in [-0.2, -0.15) is 0 Å². The van der Waals surface area contributed by atoms with Gasteiger partial charge in [-0.1, -0.05) is 0 Å². The molecule has 1 aromatic rings. The van der Waals surface area contributed by atoms with Crippen LogP contribution in [0.2, 0.25) is 0 Å². The van der Waals surface area contributed by atoms with Crippen LogP contribution in [0.3, 0.4) is 0 Å². The van der Waals surface area contributed by atoms with Crippen LogP contribution in [0.15, 0.2) is 11.4 Å². The second kappa shape index (κ2) is 4.92. The average Bonchev–Trinajstić information content (AvgIpc) is 2.74. The predicted octanol–water partition coefficient (Wildman–Crippen LogP) is 0.411. The fourth-order valence-corrected chi connectivity index (χ4v) is 2.65. The van der Waals surface area contributed by atoms with Crippen molar-refractivity contribution in [1.82, 2.24) is 9.97 Å². The van der Waals surface area contributed by atoms with Crippen molar-refractivity contribution < 1.29 is 10.2 Å². The third-order valence-corrected chi connectivity index (χ3v) is 3.64. The molecule has 0 bridgehead atoms. The van der Waals surface area contributed by atoms with E-state index < -0.39 is 6.10 Å². The van der Waals surface area contributed by atoms with Crippen LogP contribution in [0, 0.1) is 0 Å². The number of aliphatic hydroxyl groups is 2. The number of thioether (sulfide) groups is 1. The quantitative estimate of drug-likeness (QED) is 0.575. The maximum Gasteiger partial charge on any atom is 0.116 e. The first-order chi connectivity index (χ1) is 7.31. The highest BCUT2D eigenvalue weighted by Gasteiger charge is 2.17. The second-order valence-electron chi connectivity index (χ2n) is 3.61. The van der Waals surface area contributed by atoms with Gasteiger partial charge < -0.3 is 10.2 Å². The summed E-state index contributed by atoms with van der Waals surface area (Å²) in [5.41, 5.74) is 2.37. The summed E-state index contributed by atoms with van der Waals surface area (Å²) in [4.78, 5) is 8.45. The number of hydrogen-bond donors (Lipinski definition) is 2. The lowest BCUT2D eigenvalue weighted by atomic mass is 10.3. The number of aliphatic hydroxyl groups excluding tert-OH is 2. The zero-order chi connectivity index (χ0) is 10.7. The number of hydrogen-bond acceptors (Lipinski definition) is 5. The van der Waals surface area contributed by atoms with Gasteiger partial charge >= 0.3 is 0 Å². The summed E-state index contributed by atoms with van der Waals surface area (Å²) in [5, 5.41) is 18.9. The molecule has 1 unspecified atom stereocenters. The fraction of sp³-hybridized carbons (Fsp3) is 0.600. The Bertz CT molecular complexity index is 346. The molecular weight excluding hydrogens is 212 g/mol. The number of nitrogens with zero attached hydrogens (tertiary/aromatic N) is 2. The van der Waals surface area contributed by atoms with Gasteiger partial charge in [-0.3, -0.25) is 0 Å². The largest absolute Gasteiger partial charge is 0.394 e. The molecule has 0 fully saturated rings. The summed E-state index contributed by atoms with van der Waals surface area (Å²) in [6, 6.07) is 0. The Morgan fingerprint density at radius 3 is 3.07 bits per heavy atom. The van der Waals surface area contributed by atoms with Crippen LogP contribution in [-0.2, 0) is 12.8 Å². The van der Waals surface area contributed by atoms with Gasteiger partial charge in [0, 0.05) is 17.0 Å².